The highest BCUT2D eigenvalue weighted by Gasteiger charge is 2.31. The van der Waals surface area contributed by atoms with Gasteiger partial charge in [-0.2, -0.15) is 0 Å². The van der Waals surface area contributed by atoms with E-state index in [2.05, 4.69) is 5.32 Å². The lowest BCUT2D eigenvalue weighted by Gasteiger charge is -2.35. The summed E-state index contributed by atoms with van der Waals surface area (Å²) in [6.07, 6.45) is 5.58. The molecule has 1 saturated carbocycles. The number of benzene rings is 1. The molecule has 0 radical (unpaired) electrons. The Labute approximate surface area is 119 Å². The average molecular weight is 277 g/mol. The third-order valence-electron chi connectivity index (χ3n) is 4.25. The number of hydrogen-bond acceptors (Lipinski definition) is 3. The van der Waals surface area contributed by atoms with Gasteiger partial charge in [0.25, 0.3) is 0 Å². The SMILES string of the molecule is O=C(Cc1ccccc1O)NCC1(CO)CCCCC1. The predicted octanol–water partition coefficient (Wildman–Crippen LogP) is 1.99. The molecule has 1 amide bonds. The molecule has 20 heavy (non-hydrogen) atoms. The summed E-state index contributed by atoms with van der Waals surface area (Å²) in [6.45, 7) is 0.653. The van der Waals surface area contributed by atoms with Crippen LogP contribution in [0.3, 0.4) is 0 Å². The van der Waals surface area contributed by atoms with E-state index in [1.165, 1.54) is 6.42 Å². The first-order chi connectivity index (χ1) is 9.65. The van der Waals surface area contributed by atoms with Crippen LogP contribution in [0.25, 0.3) is 0 Å². The molecule has 4 nitrogen and oxygen atoms in total. The zero-order valence-electron chi connectivity index (χ0n) is 11.8. The van der Waals surface area contributed by atoms with E-state index in [4.69, 9.17) is 0 Å². The predicted molar refractivity (Wildman–Crippen MR) is 77.4 cm³/mol. The van der Waals surface area contributed by atoms with Crippen molar-refractivity contribution in [1.82, 2.24) is 5.32 Å². The highest BCUT2D eigenvalue weighted by atomic mass is 16.3. The molecule has 1 aromatic carbocycles. The largest absolute Gasteiger partial charge is 0.508 e. The zero-order valence-corrected chi connectivity index (χ0v) is 11.8. The number of phenolic OH excluding ortho intramolecular Hbond substituents is 1. The van der Waals surface area contributed by atoms with Crippen molar-refractivity contribution in [2.24, 2.45) is 5.41 Å². The lowest BCUT2D eigenvalue weighted by molar-refractivity contribution is -0.121. The van der Waals surface area contributed by atoms with Gasteiger partial charge >= 0.3 is 0 Å². The van der Waals surface area contributed by atoms with E-state index >= 15 is 0 Å². The second kappa shape index (κ2) is 6.75. The number of carbonyl (C=O) groups is 1. The first-order valence-electron chi connectivity index (χ1n) is 7.30. The number of amides is 1. The minimum atomic E-state index is -0.146. The Kier molecular flexibility index (Phi) is 5.01. The molecule has 0 heterocycles. The van der Waals surface area contributed by atoms with Gasteiger partial charge in [0, 0.05) is 17.5 Å². The monoisotopic (exact) mass is 277 g/mol. The molecule has 0 aliphatic heterocycles. The van der Waals surface area contributed by atoms with Gasteiger partial charge < -0.3 is 15.5 Å². The van der Waals surface area contributed by atoms with Crippen LogP contribution in [0, 0.1) is 5.41 Å². The number of rotatable bonds is 5. The number of phenols is 1. The van der Waals surface area contributed by atoms with E-state index in [1.54, 1.807) is 24.3 Å². The topological polar surface area (TPSA) is 69.6 Å². The van der Waals surface area contributed by atoms with Crippen molar-refractivity contribution in [3.8, 4) is 5.75 Å². The summed E-state index contributed by atoms with van der Waals surface area (Å²) < 4.78 is 0. The normalized spacial score (nSPS) is 17.6. The number of para-hydroxylation sites is 1. The maximum absolute atomic E-state index is 12.0. The maximum atomic E-state index is 12.0. The van der Waals surface area contributed by atoms with E-state index in [-0.39, 0.29) is 30.1 Å². The molecule has 3 N–H and O–H groups in total. The summed E-state index contributed by atoms with van der Waals surface area (Å²) in [4.78, 5) is 12.0. The second-order valence-corrected chi connectivity index (χ2v) is 5.80. The van der Waals surface area contributed by atoms with Crippen LogP contribution in [0.1, 0.15) is 37.7 Å². The summed E-state index contributed by atoms with van der Waals surface area (Å²) in [5.74, 6) is 0.0436. The Morgan fingerprint density at radius 3 is 2.55 bits per heavy atom. The van der Waals surface area contributed by atoms with Gasteiger partial charge in [0.15, 0.2) is 0 Å². The van der Waals surface area contributed by atoms with E-state index in [0.29, 0.717) is 12.1 Å². The van der Waals surface area contributed by atoms with Crippen LogP contribution < -0.4 is 5.32 Å². The number of aliphatic hydroxyl groups is 1. The fourth-order valence-corrected chi connectivity index (χ4v) is 2.87. The van der Waals surface area contributed by atoms with Gasteiger partial charge in [0.2, 0.25) is 5.91 Å². The van der Waals surface area contributed by atoms with Crippen molar-refractivity contribution in [3.63, 3.8) is 0 Å². The molecule has 110 valence electrons. The van der Waals surface area contributed by atoms with Gasteiger partial charge in [0.1, 0.15) is 5.75 Å². The molecule has 1 aliphatic carbocycles. The summed E-state index contributed by atoms with van der Waals surface area (Å²) in [6, 6.07) is 6.87. The molecule has 1 aliphatic rings. The van der Waals surface area contributed by atoms with Gasteiger partial charge in [-0.25, -0.2) is 0 Å². The molecule has 4 heteroatoms. The molecule has 0 bridgehead atoms. The summed E-state index contributed by atoms with van der Waals surface area (Å²) >= 11 is 0. The number of aromatic hydroxyl groups is 1. The Balaban J connectivity index is 1.87. The molecular weight excluding hydrogens is 254 g/mol. The maximum Gasteiger partial charge on any atom is 0.224 e. The average Bonchev–Trinajstić information content (AvgIpc) is 2.49. The molecule has 0 atom stereocenters. The molecule has 0 unspecified atom stereocenters. The summed E-state index contributed by atoms with van der Waals surface area (Å²) in [7, 11) is 0. The van der Waals surface area contributed by atoms with E-state index < -0.39 is 0 Å². The minimum Gasteiger partial charge on any atom is -0.508 e. The fraction of sp³-hybridized carbons (Fsp3) is 0.562. The summed E-state index contributed by atoms with van der Waals surface area (Å²) in [5.41, 5.74) is 0.485. The molecule has 1 fully saturated rings. The molecule has 0 aromatic heterocycles. The van der Waals surface area contributed by atoms with Gasteiger partial charge in [-0.1, -0.05) is 37.5 Å². The van der Waals surface area contributed by atoms with Crippen LogP contribution in [0.5, 0.6) is 5.75 Å². The summed E-state index contributed by atoms with van der Waals surface area (Å²) in [5, 5.41) is 22.2. The Morgan fingerprint density at radius 2 is 1.90 bits per heavy atom. The fourth-order valence-electron chi connectivity index (χ4n) is 2.87. The first kappa shape index (κ1) is 14.9. The van der Waals surface area contributed by atoms with E-state index in [1.807, 2.05) is 0 Å². The molecular formula is C16H23NO3. The van der Waals surface area contributed by atoms with Crippen molar-refractivity contribution >= 4 is 5.91 Å². The second-order valence-electron chi connectivity index (χ2n) is 5.80. The molecule has 1 aromatic rings. The van der Waals surface area contributed by atoms with Crippen LogP contribution in [0.15, 0.2) is 24.3 Å². The van der Waals surface area contributed by atoms with Crippen molar-refractivity contribution in [2.75, 3.05) is 13.2 Å². The lowest BCUT2D eigenvalue weighted by Crippen LogP contribution is -2.41. The third-order valence-corrected chi connectivity index (χ3v) is 4.25. The lowest BCUT2D eigenvalue weighted by atomic mass is 9.74. The van der Waals surface area contributed by atoms with Gasteiger partial charge in [-0.05, 0) is 18.9 Å². The Morgan fingerprint density at radius 1 is 1.20 bits per heavy atom. The number of nitrogens with one attached hydrogen (secondary N) is 1. The molecule has 0 spiro atoms. The van der Waals surface area contributed by atoms with Crippen LogP contribution in [-0.2, 0) is 11.2 Å². The van der Waals surface area contributed by atoms with Crippen molar-refractivity contribution in [1.29, 1.82) is 0 Å². The molecule has 2 rings (SSSR count). The highest BCUT2D eigenvalue weighted by Crippen LogP contribution is 2.35. The first-order valence-corrected chi connectivity index (χ1v) is 7.30. The van der Waals surface area contributed by atoms with Gasteiger partial charge in [-0.3, -0.25) is 4.79 Å². The Hall–Kier alpha value is -1.55. The smallest absolute Gasteiger partial charge is 0.224 e. The highest BCUT2D eigenvalue weighted by molar-refractivity contribution is 5.79. The zero-order chi connectivity index (χ0) is 14.4. The van der Waals surface area contributed by atoms with Gasteiger partial charge in [-0.15, -0.1) is 0 Å². The Bertz CT molecular complexity index is 453. The minimum absolute atomic E-state index is 0.107. The van der Waals surface area contributed by atoms with Crippen LogP contribution in [0.4, 0.5) is 0 Å². The van der Waals surface area contributed by atoms with Gasteiger partial charge in [0.05, 0.1) is 13.0 Å². The van der Waals surface area contributed by atoms with Crippen LogP contribution >= 0.6 is 0 Å². The van der Waals surface area contributed by atoms with Crippen molar-refractivity contribution < 1.29 is 15.0 Å². The third kappa shape index (κ3) is 3.73. The number of carbonyl (C=O) groups excluding carboxylic acids is 1. The van der Waals surface area contributed by atoms with Crippen molar-refractivity contribution in [2.45, 2.75) is 38.5 Å². The van der Waals surface area contributed by atoms with E-state index in [9.17, 15) is 15.0 Å². The number of aliphatic hydroxyl groups excluding tert-OH is 1. The van der Waals surface area contributed by atoms with E-state index in [0.717, 1.165) is 25.7 Å². The number of hydrogen-bond donors (Lipinski definition) is 3. The van der Waals surface area contributed by atoms with Crippen LogP contribution in [-0.4, -0.2) is 29.3 Å². The molecule has 0 saturated heterocycles. The van der Waals surface area contributed by atoms with Crippen LogP contribution in [0.2, 0.25) is 0 Å². The van der Waals surface area contributed by atoms with Crippen molar-refractivity contribution in [3.05, 3.63) is 29.8 Å². The standard InChI is InChI=1S/C16H23NO3/c18-12-16(8-4-1-5-9-16)11-17-15(20)10-13-6-2-3-7-14(13)19/h2-3,6-7,18-19H,1,4-5,8-12H2,(H,17,20). The quantitative estimate of drug-likeness (QED) is 0.771.